The van der Waals surface area contributed by atoms with E-state index in [1.165, 1.54) is 11.1 Å². The summed E-state index contributed by atoms with van der Waals surface area (Å²) in [4.78, 5) is 15.3. The quantitative estimate of drug-likeness (QED) is 0.712. The zero-order valence-electron chi connectivity index (χ0n) is 17.2. The molecule has 7 rings (SSSR count). The van der Waals surface area contributed by atoms with Gasteiger partial charge in [-0.15, -0.1) is 0 Å². The van der Waals surface area contributed by atoms with Crippen LogP contribution in [0.25, 0.3) is 0 Å². The van der Waals surface area contributed by atoms with Crippen LogP contribution in [0.5, 0.6) is 0 Å². The number of cyclic esters (lactones) is 1. The van der Waals surface area contributed by atoms with Crippen LogP contribution < -0.4 is 0 Å². The molecule has 3 fully saturated rings. The average molecular weight is 402 g/mol. The van der Waals surface area contributed by atoms with Crippen LogP contribution in [0, 0.1) is 17.8 Å². The predicted octanol–water partition coefficient (Wildman–Crippen LogP) is 4.42. The topological polar surface area (TPSA) is 38.8 Å². The second-order valence-electron chi connectivity index (χ2n) is 9.25. The zero-order valence-corrected chi connectivity index (χ0v) is 17.2. The number of benzene rings is 2. The Kier molecular flexibility index (Phi) is 4.07. The van der Waals surface area contributed by atoms with Gasteiger partial charge < -0.3 is 9.47 Å². The lowest BCUT2D eigenvalue weighted by Gasteiger charge is -2.59. The molecule has 30 heavy (non-hydrogen) atoms. The summed E-state index contributed by atoms with van der Waals surface area (Å²) in [6.45, 7) is 3.47. The zero-order chi connectivity index (χ0) is 20.3. The molecule has 5 aliphatic rings. The summed E-state index contributed by atoms with van der Waals surface area (Å²) >= 11 is 0. The third kappa shape index (κ3) is 2.40. The Morgan fingerprint density at radius 3 is 2.53 bits per heavy atom. The molecule has 0 N–H and O–H groups in total. The van der Waals surface area contributed by atoms with Crippen LogP contribution in [0.2, 0.25) is 0 Å². The highest BCUT2D eigenvalue weighted by Crippen LogP contribution is 2.62. The van der Waals surface area contributed by atoms with Gasteiger partial charge in [-0.05, 0) is 17.5 Å². The van der Waals surface area contributed by atoms with Crippen molar-refractivity contribution in [3.05, 3.63) is 83.9 Å². The lowest BCUT2D eigenvalue weighted by molar-refractivity contribution is -0.0433. The molecule has 4 bridgehead atoms. The fourth-order valence-corrected chi connectivity index (χ4v) is 6.74. The molecule has 3 aliphatic carbocycles. The predicted molar refractivity (Wildman–Crippen MR) is 114 cm³/mol. The maximum absolute atomic E-state index is 13.2. The first-order chi connectivity index (χ1) is 14.7. The maximum Gasteiger partial charge on any atom is 0.410 e. The Bertz CT molecular complexity index is 974. The number of ether oxygens (including phenoxy) is 2. The third-order valence-corrected chi connectivity index (χ3v) is 7.94. The van der Waals surface area contributed by atoms with Gasteiger partial charge in [-0.1, -0.05) is 79.7 Å². The van der Waals surface area contributed by atoms with Crippen LogP contribution in [0.1, 0.15) is 24.0 Å². The number of hydrogen-bond acceptors (Lipinski definition) is 3. The number of carbonyl (C=O) groups is 1. The highest BCUT2D eigenvalue weighted by atomic mass is 16.6. The lowest BCUT2D eigenvalue weighted by Crippen LogP contribution is -2.67. The smallest absolute Gasteiger partial charge is 0.410 e. The highest BCUT2D eigenvalue weighted by molar-refractivity contribution is 5.73. The summed E-state index contributed by atoms with van der Waals surface area (Å²) in [5.74, 6) is 1.24. The van der Waals surface area contributed by atoms with Crippen molar-refractivity contribution in [2.24, 2.45) is 17.8 Å². The standard InChI is InChI=1S/C26H27NO3/c1-17-24-21-12-13-26(17,23(22(21)16-29-24)19-10-6-3-7-11-19)27-20(15-30-25(27)28)14-18-8-4-2-5-9-18/h2-13,17,20-24H,14-16H2,1H3/t17-,20+,21-,22-,23+,24-,26+/m0/s1. The second-order valence-corrected chi connectivity index (χ2v) is 9.25. The van der Waals surface area contributed by atoms with E-state index in [0.717, 1.165) is 13.0 Å². The van der Waals surface area contributed by atoms with Gasteiger partial charge in [0.2, 0.25) is 0 Å². The van der Waals surface area contributed by atoms with E-state index in [1.54, 1.807) is 0 Å². The van der Waals surface area contributed by atoms with E-state index in [9.17, 15) is 4.79 Å². The summed E-state index contributed by atoms with van der Waals surface area (Å²) in [6, 6.07) is 21.2. The second kappa shape index (κ2) is 6.71. The number of rotatable bonds is 4. The van der Waals surface area contributed by atoms with E-state index in [1.807, 2.05) is 6.07 Å². The first kappa shape index (κ1) is 18.2. The van der Waals surface area contributed by atoms with Gasteiger partial charge in [-0.3, -0.25) is 4.90 Å². The van der Waals surface area contributed by atoms with Crippen LogP contribution >= 0.6 is 0 Å². The molecule has 2 aromatic rings. The Labute approximate surface area is 177 Å². The maximum atomic E-state index is 13.2. The van der Waals surface area contributed by atoms with Crippen molar-refractivity contribution in [3.63, 3.8) is 0 Å². The van der Waals surface area contributed by atoms with Crippen LogP contribution in [0.3, 0.4) is 0 Å². The molecule has 7 atom stereocenters. The van der Waals surface area contributed by atoms with Crippen molar-refractivity contribution in [2.45, 2.75) is 36.9 Å². The molecule has 4 heteroatoms. The Balaban J connectivity index is 1.48. The first-order valence-corrected chi connectivity index (χ1v) is 11.1. The summed E-state index contributed by atoms with van der Waals surface area (Å²) in [5, 5.41) is 0. The van der Waals surface area contributed by atoms with Crippen molar-refractivity contribution < 1.29 is 14.3 Å². The van der Waals surface area contributed by atoms with Gasteiger partial charge in [0.05, 0.1) is 24.3 Å². The Hall–Kier alpha value is -2.59. The van der Waals surface area contributed by atoms with Gasteiger partial charge >= 0.3 is 6.09 Å². The minimum absolute atomic E-state index is 0.0206. The SMILES string of the molecule is C[C@H]1[C@@H]2OC[C@H]3[C@@H]2C=C[C@]1(N1C(=O)OC[C@H]1Cc1ccccc1)[C@@H]3c1ccccc1. The lowest BCUT2D eigenvalue weighted by atomic mass is 9.52. The van der Waals surface area contributed by atoms with Crippen LogP contribution in [-0.4, -0.2) is 41.9 Å². The monoisotopic (exact) mass is 401 g/mol. The molecule has 2 aromatic carbocycles. The summed E-state index contributed by atoms with van der Waals surface area (Å²) < 4.78 is 12.0. The largest absolute Gasteiger partial charge is 0.447 e. The minimum atomic E-state index is -0.422. The van der Waals surface area contributed by atoms with Gasteiger partial charge in [0.1, 0.15) is 6.61 Å². The molecule has 1 amide bonds. The molecular formula is C26H27NO3. The van der Waals surface area contributed by atoms with E-state index < -0.39 is 5.54 Å². The summed E-state index contributed by atoms with van der Waals surface area (Å²) in [5.41, 5.74) is 2.11. The third-order valence-electron chi connectivity index (χ3n) is 7.94. The van der Waals surface area contributed by atoms with Crippen LogP contribution in [0.15, 0.2) is 72.8 Å². The normalized spacial score (nSPS) is 38.8. The van der Waals surface area contributed by atoms with Crippen molar-refractivity contribution in [2.75, 3.05) is 13.2 Å². The van der Waals surface area contributed by atoms with Crippen molar-refractivity contribution in [1.82, 2.24) is 4.90 Å². The van der Waals surface area contributed by atoms with Crippen molar-refractivity contribution >= 4 is 6.09 Å². The van der Waals surface area contributed by atoms with Gasteiger partial charge in [-0.2, -0.15) is 0 Å². The Morgan fingerprint density at radius 2 is 1.77 bits per heavy atom. The molecule has 0 aromatic heterocycles. The van der Waals surface area contributed by atoms with E-state index in [2.05, 4.69) is 78.6 Å². The molecule has 2 aliphatic heterocycles. The average Bonchev–Trinajstić information content (AvgIpc) is 3.35. The van der Waals surface area contributed by atoms with Crippen LogP contribution in [0.4, 0.5) is 4.79 Å². The Morgan fingerprint density at radius 1 is 1.03 bits per heavy atom. The molecule has 0 unspecified atom stereocenters. The molecule has 154 valence electrons. The fraction of sp³-hybridized carbons (Fsp3) is 0.423. The summed E-state index contributed by atoms with van der Waals surface area (Å²) in [6.07, 6.45) is 5.44. The molecule has 1 saturated carbocycles. The van der Waals surface area contributed by atoms with Crippen molar-refractivity contribution in [3.8, 4) is 0 Å². The van der Waals surface area contributed by atoms with E-state index in [-0.39, 0.29) is 30.1 Å². The molecule has 0 radical (unpaired) electrons. The molecule has 2 saturated heterocycles. The first-order valence-electron chi connectivity index (χ1n) is 11.1. The van der Waals surface area contributed by atoms with E-state index >= 15 is 0 Å². The summed E-state index contributed by atoms with van der Waals surface area (Å²) in [7, 11) is 0. The van der Waals surface area contributed by atoms with Crippen LogP contribution in [-0.2, 0) is 15.9 Å². The molecule has 0 spiro atoms. The number of carbonyl (C=O) groups excluding carboxylic acids is 1. The number of nitrogens with zero attached hydrogens (tertiary/aromatic N) is 1. The highest BCUT2D eigenvalue weighted by Gasteiger charge is 2.67. The van der Waals surface area contributed by atoms with Gasteiger partial charge in [0, 0.05) is 23.7 Å². The van der Waals surface area contributed by atoms with Gasteiger partial charge in [0.15, 0.2) is 0 Å². The van der Waals surface area contributed by atoms with Gasteiger partial charge in [-0.25, -0.2) is 4.79 Å². The molecule has 2 heterocycles. The van der Waals surface area contributed by atoms with Crippen molar-refractivity contribution in [1.29, 1.82) is 0 Å². The number of amides is 1. The number of hydrogen-bond donors (Lipinski definition) is 0. The van der Waals surface area contributed by atoms with E-state index in [0.29, 0.717) is 18.4 Å². The van der Waals surface area contributed by atoms with Gasteiger partial charge in [0.25, 0.3) is 0 Å². The molecule has 4 nitrogen and oxygen atoms in total. The van der Waals surface area contributed by atoms with E-state index in [4.69, 9.17) is 9.47 Å². The molecular weight excluding hydrogens is 374 g/mol. The fourth-order valence-electron chi connectivity index (χ4n) is 6.74. The minimum Gasteiger partial charge on any atom is -0.447 e.